The lowest BCUT2D eigenvalue weighted by Gasteiger charge is -2.27. The molecule has 0 aromatic heterocycles. The molecular weight excluding hydrogens is 368 g/mol. The maximum absolute atomic E-state index is 13.2. The van der Waals surface area contributed by atoms with Crippen molar-refractivity contribution in [2.75, 3.05) is 20.2 Å². The van der Waals surface area contributed by atoms with Crippen LogP contribution in [-0.2, 0) is 20.7 Å². The molecule has 3 heterocycles. The molecule has 2 amide bonds. The monoisotopic (exact) mass is 396 g/mol. The summed E-state index contributed by atoms with van der Waals surface area (Å²) >= 11 is 0. The molecule has 1 N–H and O–H groups in total. The van der Waals surface area contributed by atoms with E-state index in [1.807, 2.05) is 41.3 Å². The Balaban J connectivity index is 1.24. The lowest BCUT2D eigenvalue weighted by Crippen LogP contribution is -2.45. The number of carbonyl (C=O) groups is 2. The van der Waals surface area contributed by atoms with Crippen LogP contribution >= 0.6 is 0 Å². The minimum atomic E-state index is -0.595. The summed E-state index contributed by atoms with van der Waals surface area (Å²) in [6, 6.07) is 8.17. The average Bonchev–Trinajstić information content (AvgIpc) is 3.50. The van der Waals surface area contributed by atoms with Gasteiger partial charge in [-0.3, -0.25) is 9.59 Å². The van der Waals surface area contributed by atoms with Gasteiger partial charge in [0.1, 0.15) is 11.4 Å². The van der Waals surface area contributed by atoms with Crippen LogP contribution in [0.1, 0.15) is 31.2 Å². The largest absolute Gasteiger partial charge is 0.497 e. The number of likely N-dealkylation sites (tertiary alicyclic amines) is 1. The van der Waals surface area contributed by atoms with Gasteiger partial charge < -0.3 is 19.7 Å². The first-order chi connectivity index (χ1) is 14.1. The summed E-state index contributed by atoms with van der Waals surface area (Å²) in [5, 5.41) is 3.05. The number of hydrogen-bond acceptors (Lipinski definition) is 4. The summed E-state index contributed by atoms with van der Waals surface area (Å²) < 4.78 is 11.4. The fraction of sp³-hybridized carbons (Fsp3) is 0.565. The van der Waals surface area contributed by atoms with Crippen LogP contribution in [0, 0.1) is 11.8 Å². The van der Waals surface area contributed by atoms with E-state index in [9.17, 15) is 9.59 Å². The smallest absolute Gasteiger partial charge is 0.230 e. The van der Waals surface area contributed by atoms with Gasteiger partial charge in [-0.25, -0.2) is 0 Å². The van der Waals surface area contributed by atoms with E-state index in [1.54, 1.807) is 7.11 Å². The highest BCUT2D eigenvalue weighted by Gasteiger charge is 2.67. The van der Waals surface area contributed by atoms with Gasteiger partial charge in [0.25, 0.3) is 0 Å². The minimum absolute atomic E-state index is 0.0682. The van der Waals surface area contributed by atoms with Crippen LogP contribution in [0.5, 0.6) is 5.75 Å². The van der Waals surface area contributed by atoms with Gasteiger partial charge in [0.2, 0.25) is 11.8 Å². The third kappa shape index (κ3) is 3.05. The number of nitrogens with one attached hydrogen (secondary N) is 1. The lowest BCUT2D eigenvalue weighted by molar-refractivity contribution is -0.138. The first kappa shape index (κ1) is 18.7. The van der Waals surface area contributed by atoms with Crippen LogP contribution in [0.15, 0.2) is 36.4 Å². The molecule has 3 fully saturated rings. The van der Waals surface area contributed by atoms with Gasteiger partial charge in [0.15, 0.2) is 0 Å². The lowest BCUT2D eigenvalue weighted by atomic mass is 9.77. The number of methoxy groups -OCH3 is 1. The number of rotatable bonds is 6. The zero-order valence-electron chi connectivity index (χ0n) is 16.8. The van der Waals surface area contributed by atoms with E-state index in [0.717, 1.165) is 30.6 Å². The van der Waals surface area contributed by atoms with Gasteiger partial charge in [-0.15, -0.1) is 0 Å². The molecule has 0 radical (unpaired) electrons. The number of benzene rings is 1. The summed E-state index contributed by atoms with van der Waals surface area (Å²) in [6.07, 6.45) is 8.98. The summed E-state index contributed by atoms with van der Waals surface area (Å²) in [5.74, 6) is 0.0647. The molecule has 1 aliphatic carbocycles. The van der Waals surface area contributed by atoms with Crippen molar-refractivity contribution in [3.63, 3.8) is 0 Å². The van der Waals surface area contributed by atoms with E-state index in [2.05, 4.69) is 5.32 Å². The second-order valence-corrected chi connectivity index (χ2v) is 8.69. The molecule has 29 heavy (non-hydrogen) atoms. The number of amides is 2. The summed E-state index contributed by atoms with van der Waals surface area (Å²) in [7, 11) is 1.64. The SMILES string of the molecule is COc1ccc(CCNC(=O)[C@@H]2[C@H]3C=C[C@@]4(CN(C5CCCC5)C(=O)[C@@H]24)O3)cc1. The summed E-state index contributed by atoms with van der Waals surface area (Å²) in [5.41, 5.74) is 0.540. The number of fused-ring (bicyclic) bond motifs is 1. The standard InChI is InChI=1S/C23H28N2O4/c1-28-17-8-6-15(7-9-17)11-13-24-21(26)19-18-10-12-23(29-18)14-25(22(27)20(19)23)16-4-2-3-5-16/h6-10,12,16,18-20H,2-5,11,13-14H2,1H3,(H,24,26)/t18-,19-,20-,23+/m1/s1. The van der Waals surface area contributed by atoms with Crippen molar-refractivity contribution in [1.82, 2.24) is 10.2 Å². The van der Waals surface area contributed by atoms with Crippen molar-refractivity contribution in [2.45, 2.75) is 49.9 Å². The van der Waals surface area contributed by atoms with Gasteiger partial charge >= 0.3 is 0 Å². The Morgan fingerprint density at radius 1 is 1.28 bits per heavy atom. The molecule has 2 bridgehead atoms. The maximum Gasteiger partial charge on any atom is 0.230 e. The molecule has 154 valence electrons. The van der Waals surface area contributed by atoms with Crippen molar-refractivity contribution >= 4 is 11.8 Å². The Morgan fingerprint density at radius 2 is 2.03 bits per heavy atom. The Bertz CT molecular complexity index is 830. The molecule has 3 aliphatic heterocycles. The first-order valence-corrected chi connectivity index (χ1v) is 10.7. The maximum atomic E-state index is 13.2. The fourth-order valence-electron chi connectivity index (χ4n) is 5.59. The van der Waals surface area contributed by atoms with E-state index in [-0.39, 0.29) is 23.8 Å². The van der Waals surface area contributed by atoms with Crippen LogP contribution in [-0.4, -0.2) is 54.7 Å². The highest BCUT2D eigenvalue weighted by Crippen LogP contribution is 2.52. The molecule has 1 aromatic carbocycles. The predicted molar refractivity (Wildman–Crippen MR) is 107 cm³/mol. The number of ether oxygens (including phenoxy) is 2. The van der Waals surface area contributed by atoms with Crippen molar-refractivity contribution in [3.05, 3.63) is 42.0 Å². The van der Waals surface area contributed by atoms with Crippen LogP contribution < -0.4 is 10.1 Å². The average molecular weight is 396 g/mol. The molecule has 6 nitrogen and oxygen atoms in total. The van der Waals surface area contributed by atoms with E-state index in [1.165, 1.54) is 12.8 Å². The Morgan fingerprint density at radius 3 is 2.76 bits per heavy atom. The van der Waals surface area contributed by atoms with Gasteiger partial charge in [-0.1, -0.05) is 37.1 Å². The van der Waals surface area contributed by atoms with Crippen molar-refractivity contribution in [3.8, 4) is 5.75 Å². The Labute approximate surface area is 171 Å². The molecule has 0 unspecified atom stereocenters. The normalized spacial score (nSPS) is 32.8. The zero-order valence-corrected chi connectivity index (χ0v) is 16.8. The van der Waals surface area contributed by atoms with Crippen LogP contribution in [0.25, 0.3) is 0 Å². The molecule has 6 heteroatoms. The quantitative estimate of drug-likeness (QED) is 0.748. The van der Waals surface area contributed by atoms with E-state index in [4.69, 9.17) is 9.47 Å². The molecule has 4 aliphatic rings. The highest BCUT2D eigenvalue weighted by atomic mass is 16.5. The predicted octanol–water partition coefficient (Wildman–Crippen LogP) is 2.08. The number of nitrogens with zero attached hydrogens (tertiary/aromatic N) is 1. The second kappa shape index (κ2) is 7.17. The van der Waals surface area contributed by atoms with Gasteiger partial charge in [-0.2, -0.15) is 0 Å². The molecule has 1 spiro atoms. The third-order valence-electron chi connectivity index (χ3n) is 7.07. The summed E-state index contributed by atoms with van der Waals surface area (Å²) in [4.78, 5) is 28.3. The molecule has 2 saturated heterocycles. The van der Waals surface area contributed by atoms with Crippen LogP contribution in [0.4, 0.5) is 0 Å². The van der Waals surface area contributed by atoms with E-state index >= 15 is 0 Å². The first-order valence-electron chi connectivity index (χ1n) is 10.7. The highest BCUT2D eigenvalue weighted by molar-refractivity contribution is 5.93. The number of carbonyl (C=O) groups excluding carboxylic acids is 2. The zero-order chi connectivity index (χ0) is 20.0. The van der Waals surface area contributed by atoms with Crippen molar-refractivity contribution < 1.29 is 19.1 Å². The Kier molecular flexibility index (Phi) is 4.62. The molecule has 4 atom stereocenters. The van der Waals surface area contributed by atoms with Gasteiger partial charge in [-0.05, 0) is 37.0 Å². The molecule has 1 aromatic rings. The fourth-order valence-corrected chi connectivity index (χ4v) is 5.59. The van der Waals surface area contributed by atoms with Gasteiger partial charge in [0, 0.05) is 12.6 Å². The van der Waals surface area contributed by atoms with E-state index < -0.39 is 11.5 Å². The van der Waals surface area contributed by atoms with E-state index in [0.29, 0.717) is 19.1 Å². The number of hydrogen-bond donors (Lipinski definition) is 1. The molecule has 1 saturated carbocycles. The van der Waals surface area contributed by atoms with Crippen molar-refractivity contribution in [1.29, 1.82) is 0 Å². The minimum Gasteiger partial charge on any atom is -0.497 e. The topological polar surface area (TPSA) is 67.9 Å². The van der Waals surface area contributed by atoms with Crippen molar-refractivity contribution in [2.24, 2.45) is 11.8 Å². The Hall–Kier alpha value is -2.34. The second-order valence-electron chi connectivity index (χ2n) is 8.69. The molecular formula is C23H28N2O4. The third-order valence-corrected chi connectivity index (χ3v) is 7.07. The summed E-state index contributed by atoms with van der Waals surface area (Å²) in [6.45, 7) is 1.14. The molecule has 5 rings (SSSR count). The van der Waals surface area contributed by atoms with Gasteiger partial charge in [0.05, 0.1) is 31.6 Å². The van der Waals surface area contributed by atoms with Crippen LogP contribution in [0.3, 0.4) is 0 Å². The van der Waals surface area contributed by atoms with Crippen LogP contribution in [0.2, 0.25) is 0 Å².